The highest BCUT2D eigenvalue weighted by molar-refractivity contribution is 5.40. The first-order valence-corrected chi connectivity index (χ1v) is 7.27. The summed E-state index contributed by atoms with van der Waals surface area (Å²) in [5, 5.41) is 0. The van der Waals surface area contributed by atoms with E-state index < -0.39 is 0 Å². The summed E-state index contributed by atoms with van der Waals surface area (Å²) in [5.74, 6) is 1.08. The van der Waals surface area contributed by atoms with Gasteiger partial charge < -0.3 is 10.5 Å². The Bertz CT molecular complexity index is 474. The Morgan fingerprint density at radius 3 is 3.05 bits per heavy atom. The first-order valence-electron chi connectivity index (χ1n) is 7.27. The molecule has 2 aliphatic rings. The van der Waals surface area contributed by atoms with Crippen LogP contribution in [-0.2, 0) is 6.42 Å². The van der Waals surface area contributed by atoms with Crippen LogP contribution in [-0.4, -0.2) is 37.2 Å². The van der Waals surface area contributed by atoms with E-state index in [1.165, 1.54) is 17.5 Å². The lowest BCUT2D eigenvalue weighted by Crippen LogP contribution is -2.36. The highest BCUT2D eigenvalue weighted by Gasteiger charge is 2.34. The molecule has 2 unspecified atom stereocenters. The Labute approximate surface area is 115 Å². The van der Waals surface area contributed by atoms with Crippen LogP contribution in [0.3, 0.4) is 0 Å². The Morgan fingerprint density at radius 2 is 2.32 bits per heavy atom. The molecule has 0 aliphatic carbocycles. The molecule has 0 spiro atoms. The molecule has 0 bridgehead atoms. The van der Waals surface area contributed by atoms with Crippen molar-refractivity contribution in [1.82, 2.24) is 4.90 Å². The number of ether oxygens (including phenoxy) is 1. The average Bonchev–Trinajstić information content (AvgIpc) is 2.93. The first-order chi connectivity index (χ1) is 9.08. The monoisotopic (exact) mass is 260 g/mol. The van der Waals surface area contributed by atoms with Crippen molar-refractivity contribution in [2.75, 3.05) is 26.2 Å². The van der Waals surface area contributed by atoms with Crippen molar-refractivity contribution in [3.8, 4) is 5.75 Å². The summed E-state index contributed by atoms with van der Waals surface area (Å²) in [6.45, 7) is 8.51. The fourth-order valence-corrected chi connectivity index (χ4v) is 3.29. The Morgan fingerprint density at radius 1 is 1.47 bits per heavy atom. The highest BCUT2D eigenvalue weighted by atomic mass is 16.5. The second-order valence-electron chi connectivity index (χ2n) is 6.56. The molecule has 2 atom stereocenters. The maximum Gasteiger partial charge on any atom is 0.123 e. The number of nitrogens with two attached hydrogens (primary N) is 1. The zero-order valence-electron chi connectivity index (χ0n) is 12.0. The van der Waals surface area contributed by atoms with E-state index in [0.717, 1.165) is 38.3 Å². The summed E-state index contributed by atoms with van der Waals surface area (Å²) in [4.78, 5) is 2.51. The number of aryl methyl sites for hydroxylation is 1. The van der Waals surface area contributed by atoms with Crippen LogP contribution in [0.1, 0.15) is 24.5 Å². The molecule has 19 heavy (non-hydrogen) atoms. The van der Waals surface area contributed by atoms with Crippen LogP contribution in [0.4, 0.5) is 0 Å². The molecule has 0 radical (unpaired) electrons. The van der Waals surface area contributed by atoms with Crippen molar-refractivity contribution in [1.29, 1.82) is 0 Å². The zero-order chi connectivity index (χ0) is 13.5. The molecule has 1 saturated heterocycles. The smallest absolute Gasteiger partial charge is 0.123 e. The molecule has 104 valence electrons. The largest absolute Gasteiger partial charge is 0.488 e. The van der Waals surface area contributed by atoms with Crippen LogP contribution in [0.15, 0.2) is 18.2 Å². The second kappa shape index (κ2) is 4.80. The van der Waals surface area contributed by atoms with E-state index in [4.69, 9.17) is 10.5 Å². The number of hydrogen-bond acceptors (Lipinski definition) is 3. The lowest BCUT2D eigenvalue weighted by atomic mass is 9.90. The summed E-state index contributed by atoms with van der Waals surface area (Å²) in [7, 11) is 0. The summed E-state index contributed by atoms with van der Waals surface area (Å²) < 4.78 is 6.05. The van der Waals surface area contributed by atoms with Gasteiger partial charge in [-0.2, -0.15) is 0 Å². The van der Waals surface area contributed by atoms with E-state index in [2.05, 4.69) is 36.9 Å². The minimum atomic E-state index is 0.308. The van der Waals surface area contributed by atoms with E-state index in [0.29, 0.717) is 11.5 Å². The molecule has 2 aliphatic heterocycles. The van der Waals surface area contributed by atoms with Gasteiger partial charge in [0.05, 0.1) is 0 Å². The van der Waals surface area contributed by atoms with Crippen LogP contribution in [0, 0.1) is 12.3 Å². The van der Waals surface area contributed by atoms with Gasteiger partial charge in [-0.25, -0.2) is 0 Å². The van der Waals surface area contributed by atoms with E-state index in [1.807, 2.05) is 0 Å². The van der Waals surface area contributed by atoms with Crippen molar-refractivity contribution < 1.29 is 4.74 Å². The average molecular weight is 260 g/mol. The molecule has 1 aromatic rings. The SMILES string of the molecule is Cc1ccc2c(c1)CC(CN1CCC(C)(CN)C1)O2. The van der Waals surface area contributed by atoms with E-state index in [9.17, 15) is 0 Å². The van der Waals surface area contributed by atoms with Crippen molar-refractivity contribution in [2.24, 2.45) is 11.1 Å². The van der Waals surface area contributed by atoms with E-state index in [-0.39, 0.29) is 0 Å². The predicted molar refractivity (Wildman–Crippen MR) is 77.5 cm³/mol. The second-order valence-corrected chi connectivity index (χ2v) is 6.56. The molecule has 1 fully saturated rings. The number of likely N-dealkylation sites (tertiary alicyclic amines) is 1. The van der Waals surface area contributed by atoms with Gasteiger partial charge in [-0.3, -0.25) is 4.90 Å². The lowest BCUT2D eigenvalue weighted by Gasteiger charge is -2.24. The zero-order valence-corrected chi connectivity index (χ0v) is 12.0. The maximum absolute atomic E-state index is 6.05. The van der Waals surface area contributed by atoms with Gasteiger partial charge >= 0.3 is 0 Å². The summed E-state index contributed by atoms with van der Waals surface area (Å²) in [6.07, 6.45) is 2.58. The van der Waals surface area contributed by atoms with Crippen molar-refractivity contribution in [3.63, 3.8) is 0 Å². The quantitative estimate of drug-likeness (QED) is 0.903. The molecular weight excluding hydrogens is 236 g/mol. The molecule has 0 aromatic heterocycles. The Kier molecular flexibility index (Phi) is 3.27. The Balaban J connectivity index is 1.59. The van der Waals surface area contributed by atoms with Gasteiger partial charge in [-0.1, -0.05) is 24.6 Å². The normalized spacial score (nSPS) is 30.4. The molecule has 3 heteroatoms. The van der Waals surface area contributed by atoms with Crippen LogP contribution >= 0.6 is 0 Å². The number of hydrogen-bond donors (Lipinski definition) is 1. The van der Waals surface area contributed by atoms with Gasteiger partial charge in [0.1, 0.15) is 11.9 Å². The van der Waals surface area contributed by atoms with Crippen molar-refractivity contribution in [3.05, 3.63) is 29.3 Å². The van der Waals surface area contributed by atoms with Gasteiger partial charge in [0.25, 0.3) is 0 Å². The number of benzene rings is 1. The molecule has 2 N–H and O–H groups in total. The Hall–Kier alpha value is -1.06. The number of rotatable bonds is 3. The maximum atomic E-state index is 6.05. The molecule has 2 heterocycles. The minimum Gasteiger partial charge on any atom is -0.488 e. The fourth-order valence-electron chi connectivity index (χ4n) is 3.29. The number of nitrogens with zero attached hydrogens (tertiary/aromatic N) is 1. The summed E-state index contributed by atoms with van der Waals surface area (Å²) in [5.41, 5.74) is 8.86. The molecule has 3 nitrogen and oxygen atoms in total. The standard InChI is InChI=1S/C16H24N2O/c1-12-3-4-15-13(7-12)8-14(19-15)9-18-6-5-16(2,10-17)11-18/h3-4,7,14H,5-6,8-11,17H2,1-2H3. The van der Waals surface area contributed by atoms with Crippen LogP contribution < -0.4 is 10.5 Å². The molecular formula is C16H24N2O. The van der Waals surface area contributed by atoms with Crippen molar-refractivity contribution >= 4 is 0 Å². The van der Waals surface area contributed by atoms with Crippen LogP contribution in [0.5, 0.6) is 5.75 Å². The summed E-state index contributed by atoms with van der Waals surface area (Å²) >= 11 is 0. The van der Waals surface area contributed by atoms with Crippen molar-refractivity contribution in [2.45, 2.75) is 32.8 Å². The minimum absolute atomic E-state index is 0.308. The first kappa shape index (κ1) is 12.9. The molecule has 3 rings (SSSR count). The third-order valence-corrected chi connectivity index (χ3v) is 4.55. The molecule has 0 saturated carbocycles. The van der Waals surface area contributed by atoms with Gasteiger partial charge in [0.2, 0.25) is 0 Å². The summed E-state index contributed by atoms with van der Waals surface area (Å²) in [6, 6.07) is 6.49. The van der Waals surface area contributed by atoms with Crippen LogP contribution in [0.2, 0.25) is 0 Å². The van der Waals surface area contributed by atoms with E-state index >= 15 is 0 Å². The van der Waals surface area contributed by atoms with Gasteiger partial charge in [-0.05, 0) is 43.5 Å². The number of fused-ring (bicyclic) bond motifs is 1. The highest BCUT2D eigenvalue weighted by Crippen LogP contribution is 2.32. The third-order valence-electron chi connectivity index (χ3n) is 4.55. The van der Waals surface area contributed by atoms with Gasteiger partial charge in [0.15, 0.2) is 0 Å². The van der Waals surface area contributed by atoms with Crippen LogP contribution in [0.25, 0.3) is 0 Å². The molecule has 1 aromatic carbocycles. The lowest BCUT2D eigenvalue weighted by molar-refractivity contribution is 0.159. The van der Waals surface area contributed by atoms with Gasteiger partial charge in [0, 0.05) is 19.5 Å². The topological polar surface area (TPSA) is 38.5 Å². The van der Waals surface area contributed by atoms with E-state index in [1.54, 1.807) is 0 Å². The molecule has 0 amide bonds. The third kappa shape index (κ3) is 2.63. The predicted octanol–water partition coefficient (Wildman–Crippen LogP) is 1.97. The van der Waals surface area contributed by atoms with Gasteiger partial charge in [-0.15, -0.1) is 0 Å². The fraction of sp³-hybridized carbons (Fsp3) is 0.625.